The van der Waals surface area contributed by atoms with Crippen molar-refractivity contribution in [2.45, 2.75) is 6.92 Å². The summed E-state index contributed by atoms with van der Waals surface area (Å²) in [5, 5.41) is 0. The molecule has 2 N–H and O–H groups in total. The van der Waals surface area contributed by atoms with E-state index in [4.69, 9.17) is 5.73 Å². The van der Waals surface area contributed by atoms with Crippen LogP contribution in [0.3, 0.4) is 0 Å². The Morgan fingerprint density at radius 3 is 2.65 bits per heavy atom. The Balaban J connectivity index is 2.16. The predicted octanol–water partition coefficient (Wildman–Crippen LogP) is 0.360. The Morgan fingerprint density at radius 1 is 1.35 bits per heavy atom. The van der Waals surface area contributed by atoms with Gasteiger partial charge in [0.15, 0.2) is 0 Å². The van der Waals surface area contributed by atoms with Crippen molar-refractivity contribution in [3.05, 3.63) is 23.5 Å². The Morgan fingerprint density at radius 2 is 2.00 bits per heavy atom. The molecule has 5 heteroatoms. The summed E-state index contributed by atoms with van der Waals surface area (Å²) >= 11 is 0. The van der Waals surface area contributed by atoms with Gasteiger partial charge in [-0.1, -0.05) is 0 Å². The van der Waals surface area contributed by atoms with Crippen LogP contribution >= 0.6 is 0 Å². The van der Waals surface area contributed by atoms with Crippen LogP contribution in [0.2, 0.25) is 0 Å². The first kappa shape index (κ1) is 11.9. The molecule has 0 atom stereocenters. The minimum atomic E-state index is 0.0374. The Kier molecular flexibility index (Phi) is 3.28. The third-order valence-electron chi connectivity index (χ3n) is 3.13. The molecule has 1 fully saturated rings. The number of carbonyl (C=O) groups is 1. The molecule has 1 aliphatic rings. The Hall–Kier alpha value is -1.62. The quantitative estimate of drug-likeness (QED) is 0.762. The fourth-order valence-electron chi connectivity index (χ4n) is 1.95. The van der Waals surface area contributed by atoms with Crippen LogP contribution in [0.1, 0.15) is 16.1 Å². The van der Waals surface area contributed by atoms with Crippen LogP contribution in [0, 0.1) is 6.92 Å². The highest BCUT2D eigenvalue weighted by Gasteiger charge is 2.21. The summed E-state index contributed by atoms with van der Waals surface area (Å²) in [6.45, 7) is 5.21. The maximum absolute atomic E-state index is 12.3. The third kappa shape index (κ3) is 2.55. The van der Waals surface area contributed by atoms with Gasteiger partial charge in [-0.05, 0) is 20.0 Å². The van der Waals surface area contributed by atoms with Gasteiger partial charge in [-0.25, -0.2) is 0 Å². The molecule has 1 saturated heterocycles. The van der Waals surface area contributed by atoms with Crippen molar-refractivity contribution in [1.29, 1.82) is 0 Å². The smallest absolute Gasteiger partial charge is 0.255 e. The van der Waals surface area contributed by atoms with E-state index < -0.39 is 0 Å². The standard InChI is InChI=1S/C12H18N4O/c1-9-11(7-10(13)8-14-9)12(17)16-5-3-15(2)4-6-16/h7-8H,3-6,13H2,1-2H3. The molecule has 92 valence electrons. The average molecular weight is 234 g/mol. The van der Waals surface area contributed by atoms with Gasteiger partial charge in [-0.3, -0.25) is 9.78 Å². The van der Waals surface area contributed by atoms with Gasteiger partial charge in [-0.15, -0.1) is 0 Å². The van der Waals surface area contributed by atoms with E-state index in [9.17, 15) is 4.79 Å². The normalized spacial score (nSPS) is 17.2. The first-order valence-corrected chi connectivity index (χ1v) is 5.78. The SMILES string of the molecule is Cc1ncc(N)cc1C(=O)N1CCN(C)CC1. The van der Waals surface area contributed by atoms with Crippen LogP contribution in [-0.2, 0) is 0 Å². The summed E-state index contributed by atoms with van der Waals surface area (Å²) in [6, 6.07) is 1.71. The van der Waals surface area contributed by atoms with Gasteiger partial charge >= 0.3 is 0 Å². The first-order chi connectivity index (χ1) is 8.08. The van der Waals surface area contributed by atoms with Crippen molar-refractivity contribution < 1.29 is 4.79 Å². The van der Waals surface area contributed by atoms with Crippen LogP contribution < -0.4 is 5.73 Å². The van der Waals surface area contributed by atoms with Gasteiger partial charge < -0.3 is 15.5 Å². The molecule has 1 aromatic heterocycles. The highest BCUT2D eigenvalue weighted by Crippen LogP contribution is 2.13. The number of amides is 1. The summed E-state index contributed by atoms with van der Waals surface area (Å²) in [5.41, 5.74) is 7.57. The number of rotatable bonds is 1. The van der Waals surface area contributed by atoms with E-state index in [-0.39, 0.29) is 5.91 Å². The predicted molar refractivity (Wildman–Crippen MR) is 66.8 cm³/mol. The number of nitrogen functional groups attached to an aromatic ring is 1. The maximum Gasteiger partial charge on any atom is 0.255 e. The minimum absolute atomic E-state index is 0.0374. The molecule has 2 rings (SSSR count). The lowest BCUT2D eigenvalue weighted by molar-refractivity contribution is 0.0663. The van der Waals surface area contributed by atoms with Crippen LogP contribution in [-0.4, -0.2) is 53.9 Å². The number of anilines is 1. The molecule has 1 amide bonds. The van der Waals surface area contributed by atoms with E-state index in [1.54, 1.807) is 12.3 Å². The van der Waals surface area contributed by atoms with Gasteiger partial charge in [0, 0.05) is 26.2 Å². The Labute approximate surface area is 101 Å². The highest BCUT2D eigenvalue weighted by atomic mass is 16.2. The highest BCUT2D eigenvalue weighted by molar-refractivity contribution is 5.96. The average Bonchev–Trinajstić information content (AvgIpc) is 2.32. The molecule has 0 aromatic carbocycles. The summed E-state index contributed by atoms with van der Waals surface area (Å²) in [6.07, 6.45) is 1.58. The van der Waals surface area contributed by atoms with Crippen molar-refractivity contribution in [2.75, 3.05) is 39.0 Å². The van der Waals surface area contributed by atoms with Crippen LogP contribution in [0.25, 0.3) is 0 Å². The molecule has 1 aliphatic heterocycles. The molecule has 1 aromatic rings. The molecule has 2 heterocycles. The monoisotopic (exact) mass is 234 g/mol. The zero-order valence-corrected chi connectivity index (χ0v) is 10.3. The summed E-state index contributed by atoms with van der Waals surface area (Å²) in [5.74, 6) is 0.0374. The number of aromatic nitrogens is 1. The van der Waals surface area contributed by atoms with Crippen LogP contribution in [0.4, 0.5) is 5.69 Å². The molecular formula is C12H18N4O. The maximum atomic E-state index is 12.3. The number of nitrogens with zero attached hydrogens (tertiary/aromatic N) is 3. The molecule has 0 unspecified atom stereocenters. The number of carbonyl (C=O) groups excluding carboxylic acids is 1. The van der Waals surface area contributed by atoms with Crippen molar-refractivity contribution in [3.63, 3.8) is 0 Å². The fourth-order valence-corrected chi connectivity index (χ4v) is 1.95. The number of pyridine rings is 1. The number of aryl methyl sites for hydroxylation is 1. The van der Waals surface area contributed by atoms with Gasteiger partial charge in [-0.2, -0.15) is 0 Å². The van der Waals surface area contributed by atoms with Crippen LogP contribution in [0.15, 0.2) is 12.3 Å². The fraction of sp³-hybridized carbons (Fsp3) is 0.500. The number of hydrogen-bond donors (Lipinski definition) is 1. The van der Waals surface area contributed by atoms with Gasteiger partial charge in [0.2, 0.25) is 0 Å². The lowest BCUT2D eigenvalue weighted by Gasteiger charge is -2.32. The van der Waals surface area contributed by atoms with E-state index >= 15 is 0 Å². The zero-order chi connectivity index (χ0) is 12.4. The van der Waals surface area contributed by atoms with Crippen molar-refractivity contribution >= 4 is 11.6 Å². The number of likely N-dealkylation sites (N-methyl/N-ethyl adjacent to an activating group) is 1. The number of nitrogens with two attached hydrogens (primary N) is 1. The Bertz CT molecular complexity index is 425. The van der Waals surface area contributed by atoms with Crippen molar-refractivity contribution in [3.8, 4) is 0 Å². The van der Waals surface area contributed by atoms with E-state index in [1.165, 1.54) is 0 Å². The van der Waals surface area contributed by atoms with Gasteiger partial charge in [0.1, 0.15) is 0 Å². The van der Waals surface area contributed by atoms with Gasteiger partial charge in [0.25, 0.3) is 5.91 Å². The van der Waals surface area contributed by atoms with E-state index in [1.807, 2.05) is 11.8 Å². The molecule has 0 radical (unpaired) electrons. The minimum Gasteiger partial charge on any atom is -0.397 e. The van der Waals surface area contributed by atoms with E-state index in [2.05, 4.69) is 16.9 Å². The largest absolute Gasteiger partial charge is 0.397 e. The zero-order valence-electron chi connectivity index (χ0n) is 10.3. The second-order valence-electron chi connectivity index (χ2n) is 4.50. The summed E-state index contributed by atoms with van der Waals surface area (Å²) in [4.78, 5) is 20.5. The van der Waals surface area contributed by atoms with Crippen molar-refractivity contribution in [1.82, 2.24) is 14.8 Å². The van der Waals surface area contributed by atoms with Gasteiger partial charge in [0.05, 0.1) is 23.1 Å². The second kappa shape index (κ2) is 4.71. The lowest BCUT2D eigenvalue weighted by Crippen LogP contribution is -2.47. The molecule has 0 saturated carbocycles. The van der Waals surface area contributed by atoms with E-state index in [0.29, 0.717) is 11.3 Å². The summed E-state index contributed by atoms with van der Waals surface area (Å²) < 4.78 is 0. The van der Waals surface area contributed by atoms with Crippen molar-refractivity contribution in [2.24, 2.45) is 0 Å². The second-order valence-corrected chi connectivity index (χ2v) is 4.50. The molecule has 0 aliphatic carbocycles. The third-order valence-corrected chi connectivity index (χ3v) is 3.13. The summed E-state index contributed by atoms with van der Waals surface area (Å²) in [7, 11) is 2.06. The lowest BCUT2D eigenvalue weighted by atomic mass is 10.1. The van der Waals surface area contributed by atoms with E-state index in [0.717, 1.165) is 31.9 Å². The number of hydrogen-bond acceptors (Lipinski definition) is 4. The molecular weight excluding hydrogens is 216 g/mol. The number of piperazine rings is 1. The molecule has 5 nitrogen and oxygen atoms in total. The molecule has 17 heavy (non-hydrogen) atoms. The molecule has 0 bridgehead atoms. The molecule has 0 spiro atoms. The first-order valence-electron chi connectivity index (χ1n) is 5.78. The topological polar surface area (TPSA) is 62.5 Å². The van der Waals surface area contributed by atoms with Crippen LogP contribution in [0.5, 0.6) is 0 Å².